The van der Waals surface area contributed by atoms with Crippen LogP contribution in [0, 0.1) is 11.6 Å². The molecule has 3 rings (SSSR count). The molecule has 1 atom stereocenters. The summed E-state index contributed by atoms with van der Waals surface area (Å²) in [5.41, 5.74) is -0.386. The second-order valence-corrected chi connectivity index (χ2v) is 9.54. The molecule has 1 saturated heterocycles. The third kappa shape index (κ3) is 5.75. The molecule has 1 aliphatic heterocycles. The predicted molar refractivity (Wildman–Crippen MR) is 117 cm³/mol. The van der Waals surface area contributed by atoms with Gasteiger partial charge < -0.3 is 15.0 Å². The van der Waals surface area contributed by atoms with E-state index in [1.54, 1.807) is 4.90 Å². The molecular formula is C22H23F2N3O6S. The zero-order valence-electron chi connectivity index (χ0n) is 18.5. The molecule has 0 radical (unpaired) electrons. The normalized spacial score (nSPS) is 15.5. The summed E-state index contributed by atoms with van der Waals surface area (Å²) < 4.78 is 59.0. The Morgan fingerprint density at radius 2 is 1.71 bits per heavy atom. The fraction of sp³-hybridized carbons (Fsp3) is 0.318. The van der Waals surface area contributed by atoms with Gasteiger partial charge in [-0.25, -0.2) is 22.0 Å². The molecule has 0 aromatic heterocycles. The number of piperazine rings is 1. The predicted octanol–water partition coefficient (Wildman–Crippen LogP) is 2.00. The van der Waals surface area contributed by atoms with E-state index in [-0.39, 0.29) is 48.2 Å². The van der Waals surface area contributed by atoms with Crippen LogP contribution in [0.1, 0.15) is 24.2 Å². The zero-order chi connectivity index (χ0) is 25.0. The van der Waals surface area contributed by atoms with Crippen LogP contribution in [-0.2, 0) is 24.3 Å². The maximum Gasteiger partial charge on any atom is 0.338 e. The van der Waals surface area contributed by atoms with E-state index in [0.29, 0.717) is 6.07 Å². The van der Waals surface area contributed by atoms with E-state index < -0.39 is 39.6 Å². The van der Waals surface area contributed by atoms with Crippen molar-refractivity contribution in [2.45, 2.75) is 24.8 Å². The number of nitrogens with one attached hydrogen (secondary N) is 1. The molecular weight excluding hydrogens is 472 g/mol. The van der Waals surface area contributed by atoms with E-state index in [2.05, 4.69) is 5.32 Å². The number of carbonyl (C=O) groups is 3. The van der Waals surface area contributed by atoms with Crippen molar-refractivity contribution in [3.05, 3.63) is 59.7 Å². The standard InChI is InChI=1S/C22H23F2N3O6S/c1-14(21(29)25-20-7-6-17(23)13-19(20)24)33-22(30)16-4-3-5-18(12-16)34(31,32)27-10-8-26(9-11-27)15(2)28/h3-7,12-14H,8-11H2,1-2H3,(H,25,29). The van der Waals surface area contributed by atoms with Gasteiger partial charge in [0, 0.05) is 39.2 Å². The Labute approximate surface area is 195 Å². The van der Waals surface area contributed by atoms with Crippen molar-refractivity contribution in [2.24, 2.45) is 0 Å². The highest BCUT2D eigenvalue weighted by molar-refractivity contribution is 7.89. The van der Waals surface area contributed by atoms with Gasteiger partial charge in [0.25, 0.3) is 5.91 Å². The topological polar surface area (TPSA) is 113 Å². The fourth-order valence-electron chi connectivity index (χ4n) is 3.28. The molecule has 9 nitrogen and oxygen atoms in total. The van der Waals surface area contributed by atoms with Crippen molar-refractivity contribution in [1.29, 1.82) is 0 Å². The van der Waals surface area contributed by atoms with Crippen LogP contribution < -0.4 is 5.32 Å². The first kappa shape index (κ1) is 25.2. The first-order valence-corrected chi connectivity index (χ1v) is 11.8. The van der Waals surface area contributed by atoms with Gasteiger partial charge >= 0.3 is 5.97 Å². The molecule has 2 aromatic carbocycles. The van der Waals surface area contributed by atoms with Crippen LogP contribution in [-0.4, -0.2) is 67.7 Å². The molecule has 0 bridgehead atoms. The highest BCUT2D eigenvalue weighted by Gasteiger charge is 2.30. The van der Waals surface area contributed by atoms with Crippen molar-refractivity contribution in [1.82, 2.24) is 9.21 Å². The third-order valence-corrected chi connectivity index (χ3v) is 7.13. The van der Waals surface area contributed by atoms with Crippen molar-refractivity contribution >= 4 is 33.5 Å². The van der Waals surface area contributed by atoms with Crippen LogP contribution >= 0.6 is 0 Å². The molecule has 1 N–H and O–H groups in total. The monoisotopic (exact) mass is 495 g/mol. The molecule has 182 valence electrons. The lowest BCUT2D eigenvalue weighted by Crippen LogP contribution is -2.49. The molecule has 1 unspecified atom stereocenters. The highest BCUT2D eigenvalue weighted by atomic mass is 32.2. The number of hydrogen-bond donors (Lipinski definition) is 1. The zero-order valence-corrected chi connectivity index (χ0v) is 19.3. The Balaban J connectivity index is 1.67. The van der Waals surface area contributed by atoms with Crippen molar-refractivity contribution in [3.8, 4) is 0 Å². The Kier molecular flexibility index (Phi) is 7.62. The number of rotatable bonds is 6. The quantitative estimate of drug-likeness (QED) is 0.614. The molecule has 1 fully saturated rings. The summed E-state index contributed by atoms with van der Waals surface area (Å²) >= 11 is 0. The number of carbonyl (C=O) groups excluding carboxylic acids is 3. The van der Waals surface area contributed by atoms with E-state index in [0.717, 1.165) is 18.2 Å². The van der Waals surface area contributed by atoms with Crippen molar-refractivity contribution in [2.75, 3.05) is 31.5 Å². The number of benzene rings is 2. The summed E-state index contributed by atoms with van der Waals surface area (Å²) in [6.07, 6.45) is -1.35. The summed E-state index contributed by atoms with van der Waals surface area (Å²) in [6, 6.07) is 7.75. The third-order valence-electron chi connectivity index (χ3n) is 5.23. The van der Waals surface area contributed by atoms with Crippen molar-refractivity contribution < 1.29 is 36.3 Å². The number of sulfonamides is 1. The van der Waals surface area contributed by atoms with Crippen LogP contribution in [0.3, 0.4) is 0 Å². The van der Waals surface area contributed by atoms with E-state index in [4.69, 9.17) is 4.74 Å². The second kappa shape index (κ2) is 10.3. The first-order valence-electron chi connectivity index (χ1n) is 10.3. The van der Waals surface area contributed by atoms with Gasteiger partial charge in [-0.2, -0.15) is 4.31 Å². The minimum Gasteiger partial charge on any atom is -0.449 e. The number of amides is 2. The molecule has 2 aromatic rings. The van der Waals surface area contributed by atoms with Gasteiger partial charge in [-0.05, 0) is 37.3 Å². The van der Waals surface area contributed by atoms with Crippen LogP contribution in [0.5, 0.6) is 0 Å². The summed E-state index contributed by atoms with van der Waals surface area (Å²) in [5, 5.41) is 2.20. The molecule has 0 aliphatic carbocycles. The number of ether oxygens (including phenoxy) is 1. The molecule has 1 aliphatic rings. The van der Waals surface area contributed by atoms with Gasteiger partial charge in [0.2, 0.25) is 15.9 Å². The SMILES string of the molecule is CC(=O)N1CCN(S(=O)(=O)c2cccc(C(=O)OC(C)C(=O)Nc3ccc(F)cc3F)c2)CC1. The molecule has 1 heterocycles. The Bertz CT molecular complexity index is 1210. The summed E-state index contributed by atoms with van der Waals surface area (Å²) in [6.45, 7) is 3.43. The number of halogens is 2. The number of anilines is 1. The maximum atomic E-state index is 13.7. The maximum absolute atomic E-state index is 13.7. The molecule has 0 spiro atoms. The summed E-state index contributed by atoms with van der Waals surface area (Å²) in [7, 11) is -3.92. The lowest BCUT2D eigenvalue weighted by molar-refractivity contribution is -0.130. The number of esters is 1. The minimum atomic E-state index is -3.92. The first-order chi connectivity index (χ1) is 16.0. The van der Waals surface area contributed by atoms with Crippen molar-refractivity contribution in [3.63, 3.8) is 0 Å². The highest BCUT2D eigenvalue weighted by Crippen LogP contribution is 2.20. The molecule has 0 saturated carbocycles. The molecule has 12 heteroatoms. The second-order valence-electron chi connectivity index (χ2n) is 7.60. The van der Waals surface area contributed by atoms with Crippen LogP contribution in [0.4, 0.5) is 14.5 Å². The largest absolute Gasteiger partial charge is 0.449 e. The lowest BCUT2D eigenvalue weighted by atomic mass is 10.2. The van der Waals surface area contributed by atoms with E-state index in [1.807, 2.05) is 0 Å². The fourth-order valence-corrected chi connectivity index (χ4v) is 4.75. The average Bonchev–Trinajstić information content (AvgIpc) is 2.80. The molecule has 2 amide bonds. The molecule has 34 heavy (non-hydrogen) atoms. The Hall–Kier alpha value is -3.38. The smallest absolute Gasteiger partial charge is 0.338 e. The van der Waals surface area contributed by atoms with Gasteiger partial charge in [-0.1, -0.05) is 6.07 Å². The summed E-state index contributed by atoms with van der Waals surface area (Å²) in [4.78, 5) is 37.6. The Morgan fingerprint density at radius 1 is 1.03 bits per heavy atom. The van der Waals surface area contributed by atoms with E-state index >= 15 is 0 Å². The number of nitrogens with zero attached hydrogens (tertiary/aromatic N) is 2. The minimum absolute atomic E-state index is 0.101. The van der Waals surface area contributed by atoms with E-state index in [1.165, 1.54) is 36.4 Å². The number of hydrogen-bond acceptors (Lipinski definition) is 6. The average molecular weight is 496 g/mol. The van der Waals surface area contributed by atoms with Gasteiger partial charge in [0.15, 0.2) is 6.10 Å². The van der Waals surface area contributed by atoms with E-state index in [9.17, 15) is 31.6 Å². The summed E-state index contributed by atoms with van der Waals surface area (Å²) in [5.74, 6) is -3.76. The van der Waals surface area contributed by atoms with Crippen LogP contribution in [0.2, 0.25) is 0 Å². The van der Waals surface area contributed by atoms with Crippen LogP contribution in [0.15, 0.2) is 47.4 Å². The van der Waals surface area contributed by atoms with Gasteiger partial charge in [-0.15, -0.1) is 0 Å². The Morgan fingerprint density at radius 3 is 2.32 bits per heavy atom. The van der Waals surface area contributed by atoms with Gasteiger partial charge in [0.1, 0.15) is 11.6 Å². The van der Waals surface area contributed by atoms with Gasteiger partial charge in [0.05, 0.1) is 16.1 Å². The van der Waals surface area contributed by atoms with Gasteiger partial charge in [-0.3, -0.25) is 9.59 Å². The lowest BCUT2D eigenvalue weighted by Gasteiger charge is -2.33. The van der Waals surface area contributed by atoms with Crippen LogP contribution in [0.25, 0.3) is 0 Å².